The van der Waals surface area contributed by atoms with E-state index in [4.69, 9.17) is 0 Å². The summed E-state index contributed by atoms with van der Waals surface area (Å²) in [5.74, 6) is 0. The number of rotatable bonds is 35. The van der Waals surface area contributed by atoms with Gasteiger partial charge in [-0.2, -0.15) is 45.0 Å². The van der Waals surface area contributed by atoms with Crippen LogP contribution in [0, 0.1) is 0 Å². The molecule has 0 amide bonds. The monoisotopic (exact) mass is 775 g/mol. The number of hydrogen-bond donors (Lipinski definition) is 0. The SMILES string of the molecule is CCCCCCc1cc(CCCCCC)[c-](CCCCCC)c1CCCCCC.CCCCCCc1cc(CCCCCC)c(CCCCCC)[cH-]1.[Fe+2]. The predicted molar refractivity (Wildman–Crippen MR) is 239 cm³/mol. The summed E-state index contributed by atoms with van der Waals surface area (Å²) in [5.41, 5.74) is 12.1. The Kier molecular flexibility index (Phi) is 37.5. The second-order valence-electron chi connectivity index (χ2n) is 16.7. The zero-order chi connectivity index (χ0) is 37.9. The van der Waals surface area contributed by atoms with Gasteiger partial charge in [0.2, 0.25) is 0 Å². The van der Waals surface area contributed by atoms with Gasteiger partial charge in [0.25, 0.3) is 0 Å². The first-order chi connectivity index (χ1) is 25.6. The maximum atomic E-state index is 2.67. The minimum absolute atomic E-state index is 0. The van der Waals surface area contributed by atoms with Gasteiger partial charge in [-0.3, -0.25) is 0 Å². The van der Waals surface area contributed by atoms with Crippen molar-refractivity contribution in [2.45, 2.75) is 273 Å². The second kappa shape index (κ2) is 38.1. The molecule has 0 bridgehead atoms. The van der Waals surface area contributed by atoms with Crippen molar-refractivity contribution in [3.63, 3.8) is 0 Å². The molecule has 0 N–H and O–H groups in total. The van der Waals surface area contributed by atoms with Crippen LogP contribution >= 0.6 is 0 Å². The summed E-state index contributed by atoms with van der Waals surface area (Å²) in [6.07, 6.45) is 48.1. The van der Waals surface area contributed by atoms with Gasteiger partial charge in [0.1, 0.15) is 0 Å². The Hall–Kier alpha value is -0.781. The molecule has 2 aromatic rings. The summed E-state index contributed by atoms with van der Waals surface area (Å²) in [7, 11) is 0. The largest absolute Gasteiger partial charge is 2.00 e. The molecule has 0 aromatic heterocycles. The Bertz CT molecular complexity index is 948. The van der Waals surface area contributed by atoms with Gasteiger partial charge in [0.15, 0.2) is 0 Å². The molecule has 0 fully saturated rings. The third kappa shape index (κ3) is 25.9. The van der Waals surface area contributed by atoms with Crippen LogP contribution in [-0.4, -0.2) is 0 Å². The maximum absolute atomic E-state index is 2.67. The van der Waals surface area contributed by atoms with Crippen LogP contribution in [0.4, 0.5) is 0 Å². The molecule has 0 saturated carbocycles. The molecule has 0 atom stereocenters. The molecule has 0 saturated heterocycles. The Morgan fingerprint density at radius 1 is 0.377 bits per heavy atom. The van der Waals surface area contributed by atoms with E-state index in [9.17, 15) is 0 Å². The summed E-state index contributed by atoms with van der Waals surface area (Å²) < 4.78 is 0. The topological polar surface area (TPSA) is 0 Å². The van der Waals surface area contributed by atoms with Gasteiger partial charge in [-0.05, 0) is 0 Å². The van der Waals surface area contributed by atoms with Crippen molar-refractivity contribution in [3.05, 3.63) is 57.1 Å². The molecule has 0 heterocycles. The average molecular weight is 775 g/mol. The van der Waals surface area contributed by atoms with E-state index in [1.54, 1.807) is 38.9 Å². The average Bonchev–Trinajstić information content (AvgIpc) is 3.70. The fourth-order valence-electron chi connectivity index (χ4n) is 8.31. The summed E-state index contributed by atoms with van der Waals surface area (Å²) in [6, 6.07) is 7.77. The van der Waals surface area contributed by atoms with Gasteiger partial charge in [-0.15, -0.1) is 0 Å². The first kappa shape index (κ1) is 52.2. The van der Waals surface area contributed by atoms with Gasteiger partial charge in [0.05, 0.1) is 0 Å². The minimum Gasteiger partial charge on any atom is -0.207 e. The number of unbranched alkanes of at least 4 members (excludes halogenated alkanes) is 21. The van der Waals surface area contributed by atoms with Crippen molar-refractivity contribution in [3.8, 4) is 0 Å². The van der Waals surface area contributed by atoms with Crippen molar-refractivity contribution >= 4 is 0 Å². The standard InChI is InChI=1S/C29H53.C23H41.Fe/c1-5-9-13-17-21-26-25-27(22-18-14-10-6-2)29(24-20-16-12-8-4)28(26)23-19-15-11-7-3;1-4-7-10-13-16-21-19-22(17-14-11-8-5-2)23(20-21)18-15-12-9-6-3;/h25H,5-24H2,1-4H3;19-20H,4-18H2,1-3H3;/q2*-1;+2. The molecule has 1 heteroatoms. The molecule has 2 aromatic carbocycles. The quantitative estimate of drug-likeness (QED) is 0.0372. The molecular formula is C52H94Fe. The first-order valence-corrected chi connectivity index (χ1v) is 24.2. The molecule has 53 heavy (non-hydrogen) atoms. The van der Waals surface area contributed by atoms with Crippen molar-refractivity contribution < 1.29 is 17.1 Å². The minimum atomic E-state index is 0. The molecule has 0 aliphatic rings. The zero-order valence-electron chi connectivity index (χ0n) is 37.3. The first-order valence-electron chi connectivity index (χ1n) is 24.2. The molecule has 2 rings (SSSR count). The Balaban J connectivity index is 0.00000103. The molecule has 0 radical (unpaired) electrons. The van der Waals surface area contributed by atoms with Crippen molar-refractivity contribution in [2.24, 2.45) is 0 Å². The third-order valence-electron chi connectivity index (χ3n) is 11.7. The summed E-state index contributed by atoms with van der Waals surface area (Å²) in [5, 5.41) is 0. The summed E-state index contributed by atoms with van der Waals surface area (Å²) in [6.45, 7) is 16.2. The molecule has 0 nitrogen and oxygen atoms in total. The van der Waals surface area contributed by atoms with E-state index in [0.29, 0.717) is 0 Å². The van der Waals surface area contributed by atoms with Gasteiger partial charge in [-0.1, -0.05) is 273 Å². The van der Waals surface area contributed by atoms with Gasteiger partial charge in [-0.25, -0.2) is 12.1 Å². The van der Waals surface area contributed by atoms with Gasteiger partial charge < -0.3 is 0 Å². The zero-order valence-corrected chi connectivity index (χ0v) is 38.4. The fourth-order valence-corrected chi connectivity index (χ4v) is 8.31. The van der Waals surface area contributed by atoms with E-state index >= 15 is 0 Å². The molecule has 0 aliphatic heterocycles. The predicted octanol–water partition coefficient (Wildman–Crippen LogP) is 17.7. The van der Waals surface area contributed by atoms with E-state index in [-0.39, 0.29) is 17.1 Å². The Morgan fingerprint density at radius 2 is 0.774 bits per heavy atom. The van der Waals surface area contributed by atoms with Crippen molar-refractivity contribution in [2.75, 3.05) is 0 Å². The molecule has 310 valence electrons. The smallest absolute Gasteiger partial charge is 0.207 e. The molecule has 0 unspecified atom stereocenters. The van der Waals surface area contributed by atoms with Crippen LogP contribution in [0.15, 0.2) is 18.2 Å². The summed E-state index contributed by atoms with van der Waals surface area (Å²) in [4.78, 5) is 0. The van der Waals surface area contributed by atoms with E-state index in [1.165, 1.54) is 225 Å². The third-order valence-corrected chi connectivity index (χ3v) is 11.7. The van der Waals surface area contributed by atoms with E-state index in [0.717, 1.165) is 0 Å². The maximum Gasteiger partial charge on any atom is 2.00 e. The molecule has 0 spiro atoms. The van der Waals surface area contributed by atoms with E-state index < -0.39 is 0 Å². The van der Waals surface area contributed by atoms with Crippen LogP contribution in [0.5, 0.6) is 0 Å². The van der Waals surface area contributed by atoms with Crippen LogP contribution in [0.2, 0.25) is 0 Å². The van der Waals surface area contributed by atoms with E-state index in [2.05, 4.69) is 66.7 Å². The van der Waals surface area contributed by atoms with Crippen molar-refractivity contribution in [1.29, 1.82) is 0 Å². The number of aryl methyl sites for hydroxylation is 5. The van der Waals surface area contributed by atoms with Crippen LogP contribution in [0.1, 0.15) is 267 Å². The number of hydrogen-bond acceptors (Lipinski definition) is 0. The second-order valence-corrected chi connectivity index (χ2v) is 16.7. The van der Waals surface area contributed by atoms with E-state index in [1.807, 2.05) is 0 Å². The van der Waals surface area contributed by atoms with Gasteiger partial charge in [0, 0.05) is 0 Å². The van der Waals surface area contributed by atoms with Crippen LogP contribution < -0.4 is 0 Å². The Labute approximate surface area is 345 Å². The fraction of sp³-hybridized carbons (Fsp3) is 0.808. The molecular weight excluding hydrogens is 680 g/mol. The van der Waals surface area contributed by atoms with Gasteiger partial charge >= 0.3 is 17.1 Å². The molecule has 0 aliphatic carbocycles. The van der Waals surface area contributed by atoms with Crippen LogP contribution in [0.3, 0.4) is 0 Å². The van der Waals surface area contributed by atoms with Crippen molar-refractivity contribution in [1.82, 2.24) is 0 Å². The van der Waals surface area contributed by atoms with Crippen LogP contribution in [0.25, 0.3) is 0 Å². The van der Waals surface area contributed by atoms with Crippen LogP contribution in [-0.2, 0) is 62.0 Å². The normalized spacial score (nSPS) is 11.2. The summed E-state index contributed by atoms with van der Waals surface area (Å²) >= 11 is 0. The Morgan fingerprint density at radius 3 is 1.26 bits per heavy atom.